The van der Waals surface area contributed by atoms with Crippen molar-refractivity contribution in [2.75, 3.05) is 6.61 Å². The zero-order valence-corrected chi connectivity index (χ0v) is 11.8. The van der Waals surface area contributed by atoms with Gasteiger partial charge in [-0.15, -0.1) is 4.52 Å². The van der Waals surface area contributed by atoms with Crippen LogP contribution in [0.5, 0.6) is 0 Å². The first kappa shape index (κ1) is 13.9. The first-order valence-electron chi connectivity index (χ1n) is 6.50. The quantitative estimate of drug-likeness (QED) is 0.545. The van der Waals surface area contributed by atoms with Gasteiger partial charge in [0.25, 0.3) is 0 Å². The summed E-state index contributed by atoms with van der Waals surface area (Å²) in [4.78, 5) is 0. The van der Waals surface area contributed by atoms with E-state index in [1.807, 2.05) is 48.5 Å². The van der Waals surface area contributed by atoms with E-state index in [-0.39, 0.29) is 0 Å². The first-order chi connectivity index (χ1) is 9.34. The number of hydrogen-bond donors (Lipinski definition) is 0. The molecule has 0 aliphatic heterocycles. The molecule has 0 saturated heterocycles. The molecule has 2 nitrogen and oxygen atoms in total. The van der Waals surface area contributed by atoms with Crippen molar-refractivity contribution in [3.05, 3.63) is 71.8 Å². The van der Waals surface area contributed by atoms with Crippen molar-refractivity contribution in [3.63, 3.8) is 0 Å². The van der Waals surface area contributed by atoms with Crippen LogP contribution in [0.1, 0.15) is 17.5 Å². The fraction of sp³-hybridized carbons (Fsp3) is 0.250. The Labute approximate surface area is 115 Å². The highest BCUT2D eigenvalue weighted by Gasteiger charge is 2.17. The van der Waals surface area contributed by atoms with Gasteiger partial charge in [-0.25, -0.2) is 0 Å². The van der Waals surface area contributed by atoms with Gasteiger partial charge in [0.2, 0.25) is 6.16 Å². The van der Waals surface area contributed by atoms with Crippen LogP contribution in [0.25, 0.3) is 0 Å². The number of rotatable bonds is 7. The zero-order chi connectivity index (χ0) is 13.3. The van der Waals surface area contributed by atoms with Gasteiger partial charge in [0.1, 0.15) is 6.61 Å². The van der Waals surface area contributed by atoms with Crippen molar-refractivity contribution in [3.8, 4) is 0 Å². The molecule has 0 aliphatic rings. The molecule has 19 heavy (non-hydrogen) atoms. The average molecular weight is 273 g/mol. The normalized spacial score (nSPS) is 11.3. The highest BCUT2D eigenvalue weighted by atomic mass is 31.1. The Kier molecular flexibility index (Phi) is 5.74. The standard InChI is InChI=1S/C16H18O2P/c17-19(14-16-10-5-2-6-11-16)18-13-7-12-15-8-3-1-4-9-15/h1-6,8-11H,7,12-14H2/q+1. The molecular weight excluding hydrogens is 255 g/mol. The lowest BCUT2D eigenvalue weighted by Gasteiger charge is -1.98. The molecule has 0 N–H and O–H groups in total. The maximum absolute atomic E-state index is 11.7. The molecule has 0 bridgehead atoms. The smallest absolute Gasteiger partial charge is 0.146 e. The summed E-state index contributed by atoms with van der Waals surface area (Å²) in [6, 6.07) is 20.1. The summed E-state index contributed by atoms with van der Waals surface area (Å²) in [5.41, 5.74) is 2.36. The van der Waals surface area contributed by atoms with Gasteiger partial charge in [-0.3, -0.25) is 0 Å². The summed E-state index contributed by atoms with van der Waals surface area (Å²) >= 11 is 0. The second kappa shape index (κ2) is 7.83. The number of hydrogen-bond acceptors (Lipinski definition) is 2. The van der Waals surface area contributed by atoms with Crippen LogP contribution in [0.15, 0.2) is 60.7 Å². The van der Waals surface area contributed by atoms with E-state index >= 15 is 0 Å². The van der Waals surface area contributed by atoms with Crippen LogP contribution in [-0.4, -0.2) is 6.61 Å². The van der Waals surface area contributed by atoms with Crippen LogP contribution in [0.2, 0.25) is 0 Å². The molecule has 1 atom stereocenters. The highest BCUT2D eigenvalue weighted by Crippen LogP contribution is 2.28. The van der Waals surface area contributed by atoms with Crippen LogP contribution in [0.4, 0.5) is 0 Å². The van der Waals surface area contributed by atoms with Crippen LogP contribution in [-0.2, 0) is 21.7 Å². The molecule has 0 fully saturated rings. The predicted octanol–water partition coefficient (Wildman–Crippen LogP) is 4.58. The lowest BCUT2D eigenvalue weighted by molar-refractivity contribution is 0.322. The van der Waals surface area contributed by atoms with Crippen molar-refractivity contribution in [2.24, 2.45) is 0 Å². The Morgan fingerprint density at radius 3 is 2.05 bits per heavy atom. The Bertz CT molecular complexity index is 497. The highest BCUT2D eigenvalue weighted by molar-refractivity contribution is 7.38. The minimum atomic E-state index is -1.59. The predicted molar refractivity (Wildman–Crippen MR) is 78.5 cm³/mol. The van der Waals surface area contributed by atoms with E-state index in [1.54, 1.807) is 0 Å². The lowest BCUT2D eigenvalue weighted by atomic mass is 10.1. The molecule has 1 unspecified atom stereocenters. The van der Waals surface area contributed by atoms with E-state index in [1.165, 1.54) is 5.56 Å². The molecule has 0 radical (unpaired) electrons. The van der Waals surface area contributed by atoms with Gasteiger partial charge in [-0.2, -0.15) is 0 Å². The van der Waals surface area contributed by atoms with Gasteiger partial charge in [-0.05, 0) is 23.0 Å². The van der Waals surface area contributed by atoms with E-state index < -0.39 is 8.03 Å². The van der Waals surface area contributed by atoms with E-state index in [0.29, 0.717) is 12.8 Å². The van der Waals surface area contributed by atoms with E-state index in [9.17, 15) is 4.57 Å². The number of aryl methyl sites for hydroxylation is 1. The molecule has 0 aliphatic carbocycles. The van der Waals surface area contributed by atoms with Crippen molar-refractivity contribution in [2.45, 2.75) is 19.0 Å². The summed E-state index contributed by atoms with van der Waals surface area (Å²) in [7, 11) is -1.59. The summed E-state index contributed by atoms with van der Waals surface area (Å²) in [6.07, 6.45) is 2.37. The van der Waals surface area contributed by atoms with E-state index in [2.05, 4.69) is 12.1 Å². The summed E-state index contributed by atoms with van der Waals surface area (Å²) in [6.45, 7) is 0.553. The third-order valence-electron chi connectivity index (χ3n) is 2.84. The van der Waals surface area contributed by atoms with Crippen LogP contribution in [0.3, 0.4) is 0 Å². The minimum absolute atomic E-state index is 0.501. The van der Waals surface area contributed by atoms with Crippen molar-refractivity contribution in [1.82, 2.24) is 0 Å². The fourth-order valence-electron chi connectivity index (χ4n) is 1.87. The topological polar surface area (TPSA) is 26.3 Å². The monoisotopic (exact) mass is 273 g/mol. The molecule has 3 heteroatoms. The lowest BCUT2D eigenvalue weighted by Crippen LogP contribution is -1.92. The Balaban J connectivity index is 1.65. The van der Waals surface area contributed by atoms with Gasteiger partial charge < -0.3 is 0 Å². The molecule has 2 aromatic rings. The molecule has 0 saturated carbocycles. The first-order valence-corrected chi connectivity index (χ1v) is 7.86. The second-order valence-corrected chi connectivity index (χ2v) is 5.64. The van der Waals surface area contributed by atoms with Gasteiger partial charge in [0.15, 0.2) is 0 Å². The molecule has 0 spiro atoms. The zero-order valence-electron chi connectivity index (χ0n) is 10.9. The Hall–Kier alpha value is -1.50. The molecule has 98 valence electrons. The third-order valence-corrected chi connectivity index (χ3v) is 3.94. The average Bonchev–Trinajstić information content (AvgIpc) is 2.46. The molecule has 0 aromatic heterocycles. The number of benzene rings is 2. The SMILES string of the molecule is O=[P+](Cc1ccccc1)OCCCc1ccccc1. The maximum Gasteiger partial charge on any atom is 0.512 e. The van der Waals surface area contributed by atoms with E-state index in [4.69, 9.17) is 4.52 Å². The minimum Gasteiger partial charge on any atom is -0.146 e. The van der Waals surface area contributed by atoms with Gasteiger partial charge in [0, 0.05) is 5.56 Å². The molecule has 0 amide bonds. The van der Waals surface area contributed by atoms with Crippen molar-refractivity contribution >= 4 is 8.03 Å². The van der Waals surface area contributed by atoms with Crippen LogP contribution in [0, 0.1) is 0 Å². The van der Waals surface area contributed by atoms with Crippen molar-refractivity contribution < 1.29 is 9.09 Å². The summed E-state index contributed by atoms with van der Waals surface area (Å²) < 4.78 is 17.1. The maximum atomic E-state index is 11.7. The fourth-order valence-corrected chi connectivity index (χ4v) is 2.80. The third kappa shape index (κ3) is 5.34. The summed E-state index contributed by atoms with van der Waals surface area (Å²) in [5, 5.41) is 0. The van der Waals surface area contributed by atoms with Gasteiger partial charge >= 0.3 is 8.03 Å². The second-order valence-electron chi connectivity index (χ2n) is 4.40. The Morgan fingerprint density at radius 1 is 0.842 bits per heavy atom. The van der Waals surface area contributed by atoms with Crippen molar-refractivity contribution in [1.29, 1.82) is 0 Å². The van der Waals surface area contributed by atoms with E-state index in [0.717, 1.165) is 18.4 Å². The largest absolute Gasteiger partial charge is 0.512 e. The molecule has 0 heterocycles. The Morgan fingerprint density at radius 2 is 1.42 bits per heavy atom. The molecule has 2 aromatic carbocycles. The van der Waals surface area contributed by atoms with Gasteiger partial charge in [-0.1, -0.05) is 60.7 Å². The summed E-state index contributed by atoms with van der Waals surface area (Å²) in [5.74, 6) is 0. The van der Waals surface area contributed by atoms with Crippen LogP contribution < -0.4 is 0 Å². The molecular formula is C16H18O2P+. The molecule has 2 rings (SSSR count). The van der Waals surface area contributed by atoms with Crippen LogP contribution >= 0.6 is 8.03 Å². The van der Waals surface area contributed by atoms with Gasteiger partial charge in [0.05, 0.1) is 0 Å².